The van der Waals surface area contributed by atoms with Gasteiger partial charge in [-0.1, -0.05) is 6.07 Å². The maximum absolute atomic E-state index is 13.3. The van der Waals surface area contributed by atoms with Gasteiger partial charge in [-0.3, -0.25) is 0 Å². The summed E-state index contributed by atoms with van der Waals surface area (Å²) < 4.78 is 23.3. The van der Waals surface area contributed by atoms with Crippen LogP contribution >= 0.6 is 0 Å². The third-order valence-corrected chi connectivity index (χ3v) is 2.96. The Bertz CT molecular complexity index is 371. The molecular weight excluding hydrogens is 233 g/mol. The van der Waals surface area contributed by atoms with Gasteiger partial charge in [0.1, 0.15) is 0 Å². The highest BCUT2D eigenvalue weighted by molar-refractivity contribution is 5.31. The van der Waals surface area contributed by atoms with Crippen LogP contribution < -0.4 is 10.1 Å². The smallest absolute Gasteiger partial charge is 0.165 e. The Hall–Kier alpha value is -1.13. The first-order valence-corrected chi connectivity index (χ1v) is 6.17. The normalized spacial score (nSPS) is 14.3. The van der Waals surface area contributed by atoms with E-state index < -0.39 is 0 Å². The molecule has 1 N–H and O–H groups in total. The third-order valence-electron chi connectivity index (χ3n) is 2.96. The highest BCUT2D eigenvalue weighted by Crippen LogP contribution is 2.22. The lowest BCUT2D eigenvalue weighted by Gasteiger charge is -2.20. The molecule has 0 saturated heterocycles. The first-order chi connectivity index (χ1) is 8.58. The molecule has 0 saturated carbocycles. The lowest BCUT2D eigenvalue weighted by atomic mass is 10.1. The van der Waals surface area contributed by atoms with Crippen molar-refractivity contribution in [3.63, 3.8) is 0 Å². The Morgan fingerprint density at radius 1 is 1.28 bits per heavy atom. The molecule has 0 aliphatic heterocycles. The summed E-state index contributed by atoms with van der Waals surface area (Å²) in [5.74, 6) is -0.0495. The maximum atomic E-state index is 13.3. The third kappa shape index (κ3) is 4.27. The molecule has 2 atom stereocenters. The summed E-state index contributed by atoms with van der Waals surface area (Å²) in [5, 5.41) is 3.44. The van der Waals surface area contributed by atoms with Gasteiger partial charge in [0.05, 0.1) is 7.11 Å². The van der Waals surface area contributed by atoms with E-state index in [2.05, 4.69) is 19.2 Å². The molecule has 0 spiro atoms. The fourth-order valence-electron chi connectivity index (χ4n) is 1.85. The summed E-state index contributed by atoms with van der Waals surface area (Å²) in [5.41, 5.74) is 1.01. The molecule has 18 heavy (non-hydrogen) atoms. The molecule has 0 radical (unpaired) electrons. The van der Waals surface area contributed by atoms with Crippen LogP contribution in [0.15, 0.2) is 18.2 Å². The number of halogens is 1. The first-order valence-electron chi connectivity index (χ1n) is 6.17. The first kappa shape index (κ1) is 14.9. The number of ether oxygens (including phenoxy) is 2. The average molecular weight is 255 g/mol. The number of rotatable bonds is 7. The van der Waals surface area contributed by atoms with Crippen molar-refractivity contribution >= 4 is 0 Å². The standard InChI is InChI=1S/C14H22FNO2/c1-10(7-8-17-3)16-11(2)12-5-6-13(15)14(9-12)18-4/h5-6,9-11,16H,7-8H2,1-4H3. The second-order valence-corrected chi connectivity index (χ2v) is 4.46. The molecule has 0 aromatic heterocycles. The molecule has 1 rings (SSSR count). The lowest BCUT2D eigenvalue weighted by molar-refractivity contribution is 0.183. The van der Waals surface area contributed by atoms with Crippen LogP contribution in [0.4, 0.5) is 4.39 Å². The van der Waals surface area contributed by atoms with E-state index in [-0.39, 0.29) is 17.6 Å². The van der Waals surface area contributed by atoms with Gasteiger partial charge in [-0.15, -0.1) is 0 Å². The number of methoxy groups -OCH3 is 2. The Morgan fingerprint density at radius 2 is 2.00 bits per heavy atom. The largest absolute Gasteiger partial charge is 0.494 e. The van der Waals surface area contributed by atoms with Crippen molar-refractivity contribution in [1.82, 2.24) is 5.32 Å². The zero-order valence-corrected chi connectivity index (χ0v) is 11.5. The summed E-state index contributed by atoms with van der Waals surface area (Å²) in [6, 6.07) is 5.43. The molecule has 0 bridgehead atoms. The van der Waals surface area contributed by atoms with Crippen molar-refractivity contribution in [2.75, 3.05) is 20.8 Å². The van der Waals surface area contributed by atoms with Gasteiger partial charge >= 0.3 is 0 Å². The number of hydrogen-bond donors (Lipinski definition) is 1. The zero-order valence-electron chi connectivity index (χ0n) is 11.5. The molecule has 0 amide bonds. The Balaban J connectivity index is 2.63. The van der Waals surface area contributed by atoms with Gasteiger partial charge in [-0.2, -0.15) is 0 Å². The fraction of sp³-hybridized carbons (Fsp3) is 0.571. The van der Waals surface area contributed by atoms with Crippen molar-refractivity contribution in [3.05, 3.63) is 29.6 Å². The minimum atomic E-state index is -0.333. The molecule has 1 aromatic rings. The van der Waals surface area contributed by atoms with Gasteiger partial charge < -0.3 is 14.8 Å². The van der Waals surface area contributed by atoms with E-state index in [4.69, 9.17) is 9.47 Å². The van der Waals surface area contributed by atoms with E-state index in [1.807, 2.05) is 0 Å². The van der Waals surface area contributed by atoms with Crippen LogP contribution in [0.1, 0.15) is 31.9 Å². The van der Waals surface area contributed by atoms with Crippen LogP contribution in [0.2, 0.25) is 0 Å². The quantitative estimate of drug-likeness (QED) is 0.812. The zero-order chi connectivity index (χ0) is 13.5. The average Bonchev–Trinajstić information content (AvgIpc) is 2.36. The SMILES string of the molecule is COCCC(C)NC(C)c1ccc(F)c(OC)c1. The molecular formula is C14H22FNO2. The number of nitrogens with one attached hydrogen (secondary N) is 1. The molecule has 102 valence electrons. The maximum Gasteiger partial charge on any atom is 0.165 e. The highest BCUT2D eigenvalue weighted by atomic mass is 19.1. The molecule has 3 nitrogen and oxygen atoms in total. The van der Waals surface area contributed by atoms with Crippen LogP contribution in [-0.2, 0) is 4.74 Å². The van der Waals surface area contributed by atoms with E-state index in [0.717, 1.165) is 18.6 Å². The Labute approximate surface area is 108 Å². The Kier molecular flexibility index (Phi) is 6.09. The highest BCUT2D eigenvalue weighted by Gasteiger charge is 2.12. The number of benzene rings is 1. The monoisotopic (exact) mass is 255 g/mol. The summed E-state index contributed by atoms with van der Waals surface area (Å²) in [4.78, 5) is 0. The van der Waals surface area contributed by atoms with Crippen molar-refractivity contribution < 1.29 is 13.9 Å². The van der Waals surface area contributed by atoms with E-state index in [9.17, 15) is 4.39 Å². The van der Waals surface area contributed by atoms with Gasteiger partial charge in [0.15, 0.2) is 11.6 Å². The van der Waals surface area contributed by atoms with Crippen molar-refractivity contribution in [2.45, 2.75) is 32.4 Å². The van der Waals surface area contributed by atoms with Gasteiger partial charge in [0.25, 0.3) is 0 Å². The molecule has 0 aliphatic rings. The number of hydrogen-bond acceptors (Lipinski definition) is 3. The molecule has 2 unspecified atom stereocenters. The van der Waals surface area contributed by atoms with E-state index >= 15 is 0 Å². The second kappa shape index (κ2) is 7.34. The van der Waals surface area contributed by atoms with Crippen molar-refractivity contribution in [3.8, 4) is 5.75 Å². The lowest BCUT2D eigenvalue weighted by Crippen LogP contribution is -2.29. The van der Waals surface area contributed by atoms with Crippen LogP contribution in [0, 0.1) is 5.82 Å². The predicted molar refractivity (Wildman–Crippen MR) is 70.5 cm³/mol. The molecule has 0 fully saturated rings. The van der Waals surface area contributed by atoms with Gasteiger partial charge in [0, 0.05) is 25.8 Å². The van der Waals surface area contributed by atoms with Crippen molar-refractivity contribution in [1.29, 1.82) is 0 Å². The van der Waals surface area contributed by atoms with Gasteiger partial charge in [-0.05, 0) is 38.0 Å². The minimum Gasteiger partial charge on any atom is -0.494 e. The predicted octanol–water partition coefficient (Wildman–Crippen LogP) is 2.91. The van der Waals surface area contributed by atoms with Gasteiger partial charge in [-0.25, -0.2) is 4.39 Å². The summed E-state index contributed by atoms with van der Waals surface area (Å²) in [6.45, 7) is 4.89. The van der Waals surface area contributed by atoms with Crippen LogP contribution in [0.3, 0.4) is 0 Å². The van der Waals surface area contributed by atoms with E-state index in [0.29, 0.717) is 6.04 Å². The van der Waals surface area contributed by atoms with E-state index in [1.54, 1.807) is 19.2 Å². The molecule has 1 aromatic carbocycles. The van der Waals surface area contributed by atoms with Gasteiger partial charge in [0.2, 0.25) is 0 Å². The van der Waals surface area contributed by atoms with Crippen LogP contribution in [-0.4, -0.2) is 26.9 Å². The van der Waals surface area contributed by atoms with Crippen LogP contribution in [0.5, 0.6) is 5.75 Å². The summed E-state index contributed by atoms with van der Waals surface area (Å²) in [6.07, 6.45) is 0.944. The second-order valence-electron chi connectivity index (χ2n) is 4.46. The molecule has 4 heteroatoms. The topological polar surface area (TPSA) is 30.5 Å². The Morgan fingerprint density at radius 3 is 2.61 bits per heavy atom. The molecule has 0 aliphatic carbocycles. The fourth-order valence-corrected chi connectivity index (χ4v) is 1.85. The van der Waals surface area contributed by atoms with E-state index in [1.165, 1.54) is 13.2 Å². The minimum absolute atomic E-state index is 0.145. The van der Waals surface area contributed by atoms with Crippen LogP contribution in [0.25, 0.3) is 0 Å². The molecule has 0 heterocycles. The summed E-state index contributed by atoms with van der Waals surface area (Å²) >= 11 is 0. The van der Waals surface area contributed by atoms with Crippen molar-refractivity contribution in [2.24, 2.45) is 0 Å². The summed E-state index contributed by atoms with van der Waals surface area (Å²) in [7, 11) is 3.17.